The molecule has 0 saturated heterocycles. The van der Waals surface area contributed by atoms with Crippen LogP contribution in [0.25, 0.3) is 0 Å². The van der Waals surface area contributed by atoms with Gasteiger partial charge in [0, 0.05) is 0 Å². The van der Waals surface area contributed by atoms with Gasteiger partial charge in [-0.2, -0.15) is 0 Å². The lowest BCUT2D eigenvalue weighted by atomic mass is 10.1. The fourth-order valence-electron chi connectivity index (χ4n) is 1.37. The molecular weight excluding hydrogens is 165 g/mol. The molecule has 1 nitrogen and oxygen atoms in total. The zero-order valence-electron chi connectivity index (χ0n) is 7.96. The summed E-state index contributed by atoms with van der Waals surface area (Å²) in [6, 6.07) is 8.28. The van der Waals surface area contributed by atoms with Crippen molar-refractivity contribution in [3.8, 4) is 0 Å². The molecule has 0 fully saturated rings. The first-order chi connectivity index (χ1) is 6.18. The average molecular weight is 181 g/mol. The molecule has 0 aromatic heterocycles. The van der Waals surface area contributed by atoms with E-state index < -0.39 is 6.30 Å². The van der Waals surface area contributed by atoms with Crippen molar-refractivity contribution in [2.24, 2.45) is 5.73 Å². The molecular formula is C11H16FN. The number of aryl methyl sites for hydroxylation is 2. The Hall–Kier alpha value is -0.890. The zero-order valence-corrected chi connectivity index (χ0v) is 7.96. The summed E-state index contributed by atoms with van der Waals surface area (Å²) in [4.78, 5) is 0. The topological polar surface area (TPSA) is 26.0 Å². The van der Waals surface area contributed by atoms with Crippen LogP contribution < -0.4 is 5.73 Å². The Kier molecular flexibility index (Phi) is 3.90. The molecule has 1 aromatic rings. The van der Waals surface area contributed by atoms with Gasteiger partial charge in [-0.1, -0.05) is 29.8 Å². The van der Waals surface area contributed by atoms with Crippen LogP contribution in [0.4, 0.5) is 4.39 Å². The van der Waals surface area contributed by atoms with Crippen LogP contribution in [0.1, 0.15) is 24.0 Å². The van der Waals surface area contributed by atoms with Crippen LogP contribution in [-0.2, 0) is 6.42 Å². The number of rotatable bonds is 4. The van der Waals surface area contributed by atoms with Crippen LogP contribution in [0.5, 0.6) is 0 Å². The molecule has 1 atom stereocenters. The highest BCUT2D eigenvalue weighted by Gasteiger charge is 1.98. The Balaban J connectivity index is 2.37. The van der Waals surface area contributed by atoms with E-state index in [0.717, 1.165) is 12.8 Å². The molecule has 0 aliphatic heterocycles. The maximum absolute atomic E-state index is 12.3. The van der Waals surface area contributed by atoms with E-state index in [-0.39, 0.29) is 0 Å². The van der Waals surface area contributed by atoms with Gasteiger partial charge in [0.15, 0.2) is 0 Å². The summed E-state index contributed by atoms with van der Waals surface area (Å²) < 4.78 is 12.3. The molecule has 2 N–H and O–H groups in total. The summed E-state index contributed by atoms with van der Waals surface area (Å²) in [5.41, 5.74) is 7.54. The third-order valence-electron chi connectivity index (χ3n) is 2.03. The third kappa shape index (κ3) is 4.04. The second-order valence-corrected chi connectivity index (χ2v) is 3.40. The van der Waals surface area contributed by atoms with Gasteiger partial charge in [-0.25, -0.2) is 4.39 Å². The second kappa shape index (κ2) is 4.97. The summed E-state index contributed by atoms with van der Waals surface area (Å²) in [6.45, 7) is 2.06. The summed E-state index contributed by atoms with van der Waals surface area (Å²) >= 11 is 0. The first-order valence-electron chi connectivity index (χ1n) is 4.63. The van der Waals surface area contributed by atoms with Gasteiger partial charge in [0.2, 0.25) is 0 Å². The maximum atomic E-state index is 12.3. The molecule has 0 heterocycles. The van der Waals surface area contributed by atoms with Gasteiger partial charge in [0.1, 0.15) is 6.30 Å². The van der Waals surface area contributed by atoms with E-state index in [1.54, 1.807) is 0 Å². The number of hydrogen-bond acceptors (Lipinski definition) is 1. The lowest BCUT2D eigenvalue weighted by molar-refractivity contribution is 0.318. The number of alkyl halides is 1. The molecule has 2 heteroatoms. The van der Waals surface area contributed by atoms with E-state index in [9.17, 15) is 4.39 Å². The van der Waals surface area contributed by atoms with Gasteiger partial charge < -0.3 is 5.73 Å². The molecule has 0 amide bonds. The number of hydrogen-bond donors (Lipinski definition) is 1. The SMILES string of the molecule is Cc1cccc(CCCC(N)F)c1. The largest absolute Gasteiger partial charge is 0.302 e. The van der Waals surface area contributed by atoms with E-state index in [1.165, 1.54) is 11.1 Å². The fourth-order valence-corrected chi connectivity index (χ4v) is 1.37. The van der Waals surface area contributed by atoms with Crippen LogP contribution in [-0.4, -0.2) is 6.30 Å². The average Bonchev–Trinajstić information content (AvgIpc) is 2.03. The van der Waals surface area contributed by atoms with Crippen LogP contribution in [0.2, 0.25) is 0 Å². The second-order valence-electron chi connectivity index (χ2n) is 3.40. The maximum Gasteiger partial charge on any atom is 0.148 e. The Morgan fingerprint density at radius 1 is 1.46 bits per heavy atom. The van der Waals surface area contributed by atoms with E-state index in [1.807, 2.05) is 6.07 Å². The van der Waals surface area contributed by atoms with Crippen LogP contribution in [0.15, 0.2) is 24.3 Å². The molecule has 13 heavy (non-hydrogen) atoms. The molecule has 1 rings (SSSR count). The minimum absolute atomic E-state index is 0.452. The highest BCUT2D eigenvalue weighted by molar-refractivity contribution is 5.22. The third-order valence-corrected chi connectivity index (χ3v) is 2.03. The van der Waals surface area contributed by atoms with Crippen molar-refractivity contribution in [1.82, 2.24) is 0 Å². The molecule has 0 radical (unpaired) electrons. The first kappa shape index (κ1) is 10.2. The summed E-state index contributed by atoms with van der Waals surface area (Å²) in [6.07, 6.45) is 1.03. The number of nitrogens with two attached hydrogens (primary N) is 1. The molecule has 1 aromatic carbocycles. The van der Waals surface area contributed by atoms with Crippen LogP contribution in [0.3, 0.4) is 0 Å². The van der Waals surface area contributed by atoms with Crippen LogP contribution in [0, 0.1) is 6.92 Å². The van der Waals surface area contributed by atoms with E-state index in [2.05, 4.69) is 25.1 Å². The van der Waals surface area contributed by atoms with Gasteiger partial charge in [-0.3, -0.25) is 0 Å². The molecule has 0 saturated carbocycles. The highest BCUT2D eigenvalue weighted by Crippen LogP contribution is 2.08. The standard InChI is InChI=1S/C11H16FN/c1-9-4-2-5-10(8-9)6-3-7-11(12)13/h2,4-5,8,11H,3,6-7,13H2,1H3. The van der Waals surface area contributed by atoms with Crippen molar-refractivity contribution in [2.75, 3.05) is 0 Å². The molecule has 0 bridgehead atoms. The number of benzene rings is 1. The highest BCUT2D eigenvalue weighted by atomic mass is 19.1. The molecule has 0 spiro atoms. The van der Waals surface area contributed by atoms with Gasteiger partial charge in [0.25, 0.3) is 0 Å². The van der Waals surface area contributed by atoms with Gasteiger partial charge >= 0.3 is 0 Å². The minimum Gasteiger partial charge on any atom is -0.302 e. The van der Waals surface area contributed by atoms with Crippen molar-refractivity contribution in [2.45, 2.75) is 32.5 Å². The quantitative estimate of drug-likeness (QED) is 0.710. The van der Waals surface area contributed by atoms with Gasteiger partial charge in [-0.05, 0) is 31.7 Å². The Morgan fingerprint density at radius 2 is 2.23 bits per heavy atom. The van der Waals surface area contributed by atoms with Crippen molar-refractivity contribution in [3.05, 3.63) is 35.4 Å². The smallest absolute Gasteiger partial charge is 0.148 e. The predicted octanol–water partition coefficient (Wildman–Crippen LogP) is 2.57. The monoisotopic (exact) mass is 181 g/mol. The lowest BCUT2D eigenvalue weighted by Crippen LogP contribution is -2.12. The fraction of sp³-hybridized carbons (Fsp3) is 0.455. The Labute approximate surface area is 78.8 Å². The van der Waals surface area contributed by atoms with Gasteiger partial charge in [0.05, 0.1) is 0 Å². The van der Waals surface area contributed by atoms with E-state index >= 15 is 0 Å². The summed E-state index contributed by atoms with van der Waals surface area (Å²) in [5.74, 6) is 0. The van der Waals surface area contributed by atoms with Gasteiger partial charge in [-0.15, -0.1) is 0 Å². The minimum atomic E-state index is -1.16. The lowest BCUT2D eigenvalue weighted by Gasteiger charge is -2.03. The Bertz CT molecular complexity index is 258. The van der Waals surface area contributed by atoms with Crippen molar-refractivity contribution in [1.29, 1.82) is 0 Å². The first-order valence-corrected chi connectivity index (χ1v) is 4.63. The summed E-state index contributed by atoms with van der Waals surface area (Å²) in [7, 11) is 0. The normalized spacial score (nSPS) is 12.8. The van der Waals surface area contributed by atoms with E-state index in [0.29, 0.717) is 6.42 Å². The van der Waals surface area contributed by atoms with Crippen molar-refractivity contribution in [3.63, 3.8) is 0 Å². The number of halogens is 1. The van der Waals surface area contributed by atoms with Crippen molar-refractivity contribution < 1.29 is 4.39 Å². The molecule has 1 unspecified atom stereocenters. The summed E-state index contributed by atoms with van der Waals surface area (Å²) in [5, 5.41) is 0. The van der Waals surface area contributed by atoms with E-state index in [4.69, 9.17) is 5.73 Å². The zero-order chi connectivity index (χ0) is 9.68. The molecule has 0 aliphatic rings. The van der Waals surface area contributed by atoms with Crippen molar-refractivity contribution >= 4 is 0 Å². The molecule has 0 aliphatic carbocycles. The van der Waals surface area contributed by atoms with Crippen LogP contribution >= 0.6 is 0 Å². The molecule has 72 valence electrons. The Morgan fingerprint density at radius 3 is 2.85 bits per heavy atom. The predicted molar refractivity (Wildman–Crippen MR) is 53.2 cm³/mol.